The van der Waals surface area contributed by atoms with Gasteiger partial charge in [0.15, 0.2) is 5.58 Å². The molecule has 4 heterocycles. The van der Waals surface area contributed by atoms with Crippen LogP contribution in [0.15, 0.2) is 132 Å². The highest BCUT2D eigenvalue weighted by Crippen LogP contribution is 2.43. The summed E-state index contributed by atoms with van der Waals surface area (Å²) in [6, 6.07) is 44.8. The third kappa shape index (κ3) is 3.20. The normalized spacial score (nSPS) is 12.2. The highest BCUT2D eigenvalue weighted by Gasteiger charge is 2.22. The van der Waals surface area contributed by atoms with E-state index in [1.54, 1.807) is 0 Å². The Bertz CT molecular complexity index is 2750. The molecule has 0 amide bonds. The molecule has 5 heteroatoms. The van der Waals surface area contributed by atoms with Gasteiger partial charge in [-0.2, -0.15) is 0 Å². The summed E-state index contributed by atoms with van der Waals surface area (Å²) in [6.45, 7) is 0. The van der Waals surface area contributed by atoms with Crippen molar-refractivity contribution >= 4 is 86.2 Å². The first-order chi connectivity index (χ1) is 21.3. The second-order valence-electron chi connectivity index (χ2n) is 11.0. The number of rotatable bonds is 2. The van der Waals surface area contributed by atoms with Gasteiger partial charge in [-0.25, -0.2) is 9.97 Å². The van der Waals surface area contributed by atoms with Crippen molar-refractivity contribution in [1.29, 1.82) is 0 Å². The van der Waals surface area contributed by atoms with E-state index in [9.17, 15) is 0 Å². The maximum Gasteiger partial charge on any atom is 0.236 e. The van der Waals surface area contributed by atoms with Crippen molar-refractivity contribution in [1.82, 2.24) is 14.5 Å². The zero-order valence-electron chi connectivity index (χ0n) is 22.8. The van der Waals surface area contributed by atoms with E-state index in [-0.39, 0.29) is 0 Å². The minimum absolute atomic E-state index is 0.632. The van der Waals surface area contributed by atoms with Crippen molar-refractivity contribution in [3.63, 3.8) is 0 Å². The molecular formula is C38H21N3OS. The lowest BCUT2D eigenvalue weighted by Gasteiger charge is -2.10. The molecule has 0 N–H and O–H groups in total. The molecular weight excluding hydrogens is 547 g/mol. The van der Waals surface area contributed by atoms with Crippen molar-refractivity contribution < 1.29 is 4.42 Å². The Kier molecular flexibility index (Phi) is 4.57. The fourth-order valence-corrected chi connectivity index (χ4v) is 7.82. The number of hydrogen-bond donors (Lipinski definition) is 0. The van der Waals surface area contributed by atoms with Crippen LogP contribution in [0.1, 0.15) is 0 Å². The molecule has 0 saturated carbocycles. The van der Waals surface area contributed by atoms with Crippen LogP contribution in [0.3, 0.4) is 0 Å². The maximum absolute atomic E-state index is 6.46. The number of thiophene rings is 1. The van der Waals surface area contributed by atoms with E-state index in [4.69, 9.17) is 14.4 Å². The van der Waals surface area contributed by atoms with E-state index in [2.05, 4.69) is 114 Å². The zero-order chi connectivity index (χ0) is 28.1. The van der Waals surface area contributed by atoms with Gasteiger partial charge in [-0.15, -0.1) is 11.3 Å². The first kappa shape index (κ1) is 23.1. The number of fused-ring (bicyclic) bond motifs is 11. The Labute approximate surface area is 249 Å². The van der Waals surface area contributed by atoms with Crippen LogP contribution in [0.2, 0.25) is 0 Å². The second kappa shape index (κ2) is 8.51. The molecule has 0 unspecified atom stereocenters. The lowest BCUT2D eigenvalue weighted by atomic mass is 10.0. The van der Waals surface area contributed by atoms with E-state index in [0.29, 0.717) is 11.5 Å². The minimum atomic E-state index is 0.632. The van der Waals surface area contributed by atoms with Crippen LogP contribution < -0.4 is 0 Å². The monoisotopic (exact) mass is 567 g/mol. The molecule has 0 atom stereocenters. The van der Waals surface area contributed by atoms with E-state index in [0.717, 1.165) is 44.2 Å². The number of aromatic nitrogens is 3. The average Bonchev–Trinajstić information content (AvgIpc) is 3.73. The minimum Gasteiger partial charge on any atom is -0.452 e. The fraction of sp³-hybridized carbons (Fsp3) is 0. The van der Waals surface area contributed by atoms with Crippen molar-refractivity contribution in [2.24, 2.45) is 0 Å². The first-order valence-corrected chi connectivity index (χ1v) is 15.2. The zero-order valence-corrected chi connectivity index (χ0v) is 23.6. The summed E-state index contributed by atoms with van der Waals surface area (Å²) in [5.74, 6) is 0.632. The van der Waals surface area contributed by atoms with Gasteiger partial charge in [-0.3, -0.25) is 4.57 Å². The Morgan fingerprint density at radius 3 is 2.26 bits per heavy atom. The molecule has 4 aromatic heterocycles. The summed E-state index contributed by atoms with van der Waals surface area (Å²) >= 11 is 1.84. The molecule has 0 aliphatic heterocycles. The van der Waals surface area contributed by atoms with Crippen LogP contribution in [0, 0.1) is 0 Å². The molecule has 0 saturated heterocycles. The molecule has 0 radical (unpaired) electrons. The van der Waals surface area contributed by atoms with Crippen molar-refractivity contribution in [2.75, 3.05) is 0 Å². The lowest BCUT2D eigenvalue weighted by Crippen LogP contribution is -2.02. The number of para-hydroxylation sites is 2. The predicted octanol–water partition coefficient (Wildman–Crippen LogP) is 10.7. The summed E-state index contributed by atoms with van der Waals surface area (Å²) in [7, 11) is 0. The highest BCUT2D eigenvalue weighted by atomic mass is 32.1. The van der Waals surface area contributed by atoms with Gasteiger partial charge in [0.25, 0.3) is 0 Å². The molecule has 200 valence electrons. The van der Waals surface area contributed by atoms with Crippen LogP contribution >= 0.6 is 11.3 Å². The van der Waals surface area contributed by atoms with Crippen LogP contribution in [-0.4, -0.2) is 14.5 Å². The van der Waals surface area contributed by atoms with Gasteiger partial charge in [-0.05, 0) is 53.2 Å². The van der Waals surface area contributed by atoms with Crippen LogP contribution in [0.5, 0.6) is 0 Å². The van der Waals surface area contributed by atoms with E-state index in [1.807, 2.05) is 29.5 Å². The Morgan fingerprint density at radius 2 is 1.33 bits per heavy atom. The van der Waals surface area contributed by atoms with Gasteiger partial charge in [-0.1, -0.05) is 84.9 Å². The van der Waals surface area contributed by atoms with Gasteiger partial charge in [0.1, 0.15) is 16.8 Å². The van der Waals surface area contributed by atoms with Crippen molar-refractivity contribution in [3.8, 4) is 17.2 Å². The van der Waals surface area contributed by atoms with Gasteiger partial charge in [0.2, 0.25) is 5.95 Å². The third-order valence-corrected chi connectivity index (χ3v) is 9.74. The van der Waals surface area contributed by atoms with Crippen LogP contribution in [-0.2, 0) is 0 Å². The van der Waals surface area contributed by atoms with Gasteiger partial charge < -0.3 is 4.42 Å². The smallest absolute Gasteiger partial charge is 0.236 e. The SMILES string of the molecule is c1ccc2cc(-c3nc(-n4c5ccccc5c5c6c(ccc54)sc4ccccc46)nc4c3oc3ccccc34)ccc2c1. The fourth-order valence-electron chi connectivity index (χ4n) is 6.70. The van der Waals surface area contributed by atoms with Crippen LogP contribution in [0.4, 0.5) is 0 Å². The molecule has 4 nitrogen and oxygen atoms in total. The molecule has 0 aliphatic rings. The summed E-state index contributed by atoms with van der Waals surface area (Å²) in [4.78, 5) is 10.6. The lowest BCUT2D eigenvalue weighted by molar-refractivity contribution is 0.666. The number of nitrogens with zero attached hydrogens (tertiary/aromatic N) is 3. The summed E-state index contributed by atoms with van der Waals surface area (Å²) in [5, 5.41) is 8.33. The Hall–Kier alpha value is -5.52. The topological polar surface area (TPSA) is 43.9 Å². The summed E-state index contributed by atoms with van der Waals surface area (Å²) in [6.07, 6.45) is 0. The van der Waals surface area contributed by atoms with E-state index in [1.165, 1.54) is 36.3 Å². The second-order valence-corrected chi connectivity index (χ2v) is 12.1. The largest absolute Gasteiger partial charge is 0.452 e. The molecule has 0 spiro atoms. The predicted molar refractivity (Wildman–Crippen MR) is 179 cm³/mol. The number of furan rings is 1. The quantitative estimate of drug-likeness (QED) is 0.209. The number of hydrogen-bond acceptors (Lipinski definition) is 4. The molecule has 10 rings (SSSR count). The molecule has 0 bridgehead atoms. The van der Waals surface area contributed by atoms with Crippen molar-refractivity contribution in [2.45, 2.75) is 0 Å². The maximum atomic E-state index is 6.46. The molecule has 0 aliphatic carbocycles. The number of benzene rings is 6. The van der Waals surface area contributed by atoms with Gasteiger partial charge >= 0.3 is 0 Å². The molecule has 0 fully saturated rings. The van der Waals surface area contributed by atoms with Crippen LogP contribution in [0.25, 0.3) is 92.0 Å². The summed E-state index contributed by atoms with van der Waals surface area (Å²) < 4.78 is 11.3. The van der Waals surface area contributed by atoms with Gasteiger partial charge in [0.05, 0.1) is 11.0 Å². The van der Waals surface area contributed by atoms with E-state index >= 15 is 0 Å². The Morgan fingerprint density at radius 1 is 0.558 bits per heavy atom. The molecule has 43 heavy (non-hydrogen) atoms. The first-order valence-electron chi connectivity index (χ1n) is 14.3. The summed E-state index contributed by atoms with van der Waals surface area (Å²) in [5.41, 5.74) is 6.28. The Balaban J connectivity index is 1.36. The third-order valence-electron chi connectivity index (χ3n) is 8.61. The molecule has 10 aromatic rings. The van der Waals surface area contributed by atoms with Crippen molar-refractivity contribution in [3.05, 3.63) is 127 Å². The highest BCUT2D eigenvalue weighted by molar-refractivity contribution is 7.26. The average molecular weight is 568 g/mol. The standard InChI is InChI=1S/C38H21N3OS/c1-2-10-23-21-24(18-17-22(23)9-1)35-37-36(26-12-4-7-15-30(26)42-37)40-38(39-35)41-28-14-6-3-11-25(28)33-29(41)19-20-32-34(33)27-13-5-8-16-31(27)43-32/h1-21H. The van der Waals surface area contributed by atoms with E-state index < -0.39 is 0 Å². The van der Waals surface area contributed by atoms with Gasteiger partial charge in [0, 0.05) is 41.9 Å². The molecule has 6 aromatic carbocycles.